The van der Waals surface area contributed by atoms with Gasteiger partial charge in [0.15, 0.2) is 0 Å². The molecule has 0 spiro atoms. The third-order valence-corrected chi connectivity index (χ3v) is 6.06. The number of para-hydroxylation sites is 1. The highest BCUT2D eigenvalue weighted by Gasteiger charge is 2.20. The number of carbonyl (C=O) groups is 2. The molecule has 0 saturated heterocycles. The van der Waals surface area contributed by atoms with E-state index in [4.69, 9.17) is 0 Å². The Hall–Kier alpha value is -2.32. The van der Waals surface area contributed by atoms with Crippen LogP contribution in [0.2, 0.25) is 0 Å². The zero-order chi connectivity index (χ0) is 18.1. The van der Waals surface area contributed by atoms with Crippen molar-refractivity contribution in [3.05, 3.63) is 81.4 Å². The summed E-state index contributed by atoms with van der Waals surface area (Å²) in [6.07, 6.45) is 0. The summed E-state index contributed by atoms with van der Waals surface area (Å²) in [6.45, 7) is 0. The number of anilines is 2. The molecular formula is C20H13IN2O2S. The second-order valence-electron chi connectivity index (χ2n) is 5.70. The van der Waals surface area contributed by atoms with Crippen LogP contribution in [0.1, 0.15) is 20.7 Å². The fourth-order valence-corrected chi connectivity index (χ4v) is 4.20. The van der Waals surface area contributed by atoms with Crippen LogP contribution in [0.5, 0.6) is 0 Å². The number of halogens is 1. The monoisotopic (exact) mass is 472 g/mol. The smallest absolute Gasteiger partial charge is 0.256 e. The van der Waals surface area contributed by atoms with Gasteiger partial charge in [-0.3, -0.25) is 9.59 Å². The lowest BCUT2D eigenvalue weighted by molar-refractivity contribution is 0.101. The summed E-state index contributed by atoms with van der Waals surface area (Å²) in [7, 11) is 0. The van der Waals surface area contributed by atoms with Gasteiger partial charge < -0.3 is 10.6 Å². The van der Waals surface area contributed by atoms with E-state index in [1.165, 1.54) is 11.8 Å². The van der Waals surface area contributed by atoms with E-state index in [1.807, 2.05) is 48.5 Å². The molecule has 3 aromatic carbocycles. The highest BCUT2D eigenvalue weighted by molar-refractivity contribution is 14.1. The maximum absolute atomic E-state index is 12.6. The van der Waals surface area contributed by atoms with Gasteiger partial charge in [-0.25, -0.2) is 0 Å². The second kappa shape index (κ2) is 7.13. The average molecular weight is 472 g/mol. The highest BCUT2D eigenvalue weighted by Crippen LogP contribution is 2.39. The number of amides is 2. The number of fused-ring (bicyclic) bond motifs is 2. The van der Waals surface area contributed by atoms with Crippen molar-refractivity contribution < 1.29 is 9.59 Å². The van der Waals surface area contributed by atoms with Gasteiger partial charge in [-0.2, -0.15) is 0 Å². The average Bonchev–Trinajstić information content (AvgIpc) is 2.79. The Kier molecular flexibility index (Phi) is 4.69. The molecule has 1 heterocycles. The molecule has 1 aliphatic rings. The molecule has 128 valence electrons. The molecule has 0 atom stereocenters. The Morgan fingerprint density at radius 3 is 2.58 bits per heavy atom. The maximum Gasteiger partial charge on any atom is 0.256 e. The Balaban J connectivity index is 1.64. The molecular weight excluding hydrogens is 459 g/mol. The van der Waals surface area contributed by atoms with Crippen molar-refractivity contribution in [1.82, 2.24) is 0 Å². The number of hydrogen-bond donors (Lipinski definition) is 2. The van der Waals surface area contributed by atoms with Crippen molar-refractivity contribution in [1.29, 1.82) is 0 Å². The van der Waals surface area contributed by atoms with Gasteiger partial charge in [0.2, 0.25) is 0 Å². The highest BCUT2D eigenvalue weighted by atomic mass is 127. The normalized spacial score (nSPS) is 12.4. The molecule has 0 radical (unpaired) electrons. The van der Waals surface area contributed by atoms with Crippen LogP contribution in [-0.4, -0.2) is 11.8 Å². The summed E-state index contributed by atoms with van der Waals surface area (Å²) in [5, 5.41) is 5.82. The molecule has 0 saturated carbocycles. The van der Waals surface area contributed by atoms with Crippen LogP contribution in [0, 0.1) is 3.57 Å². The van der Waals surface area contributed by atoms with E-state index in [-0.39, 0.29) is 11.8 Å². The largest absolute Gasteiger partial charge is 0.321 e. The molecule has 2 amide bonds. The molecule has 1 aliphatic heterocycles. The molecule has 4 nitrogen and oxygen atoms in total. The van der Waals surface area contributed by atoms with Crippen molar-refractivity contribution in [2.24, 2.45) is 0 Å². The van der Waals surface area contributed by atoms with E-state index in [0.29, 0.717) is 16.8 Å². The number of rotatable bonds is 2. The quantitative estimate of drug-likeness (QED) is 0.501. The maximum atomic E-state index is 12.6. The molecule has 4 rings (SSSR count). The first-order chi connectivity index (χ1) is 12.6. The standard InChI is InChI=1S/C20H13IN2O2S/c21-14-6-2-3-7-15(14)22-19(24)12-9-10-18-16(11-12)23-20(25)13-5-1-4-8-17(13)26-18/h1-11H,(H,22,24)(H,23,25). The first-order valence-corrected chi connectivity index (χ1v) is 9.79. The van der Waals surface area contributed by atoms with Crippen LogP contribution in [0.4, 0.5) is 11.4 Å². The van der Waals surface area contributed by atoms with Gasteiger partial charge in [0, 0.05) is 18.9 Å². The number of benzene rings is 3. The van der Waals surface area contributed by atoms with E-state index in [1.54, 1.807) is 18.2 Å². The van der Waals surface area contributed by atoms with Crippen molar-refractivity contribution in [2.75, 3.05) is 10.6 Å². The minimum absolute atomic E-state index is 0.165. The van der Waals surface area contributed by atoms with Gasteiger partial charge >= 0.3 is 0 Å². The lowest BCUT2D eigenvalue weighted by Gasteiger charge is -2.10. The summed E-state index contributed by atoms with van der Waals surface area (Å²) in [4.78, 5) is 26.9. The molecule has 0 aliphatic carbocycles. The molecule has 3 aromatic rings. The minimum Gasteiger partial charge on any atom is -0.321 e. The number of carbonyl (C=O) groups excluding carboxylic acids is 2. The van der Waals surface area contributed by atoms with Gasteiger partial charge in [-0.05, 0) is 65.1 Å². The summed E-state index contributed by atoms with van der Waals surface area (Å²) >= 11 is 3.70. The van der Waals surface area contributed by atoms with Crippen molar-refractivity contribution in [2.45, 2.75) is 9.79 Å². The molecule has 0 fully saturated rings. The van der Waals surface area contributed by atoms with E-state index in [0.717, 1.165) is 19.0 Å². The Morgan fingerprint density at radius 2 is 1.73 bits per heavy atom. The van der Waals surface area contributed by atoms with Gasteiger partial charge in [-0.15, -0.1) is 0 Å². The van der Waals surface area contributed by atoms with Crippen molar-refractivity contribution in [3.8, 4) is 0 Å². The van der Waals surface area contributed by atoms with Crippen LogP contribution in [0.15, 0.2) is 76.5 Å². The van der Waals surface area contributed by atoms with Gasteiger partial charge in [0.1, 0.15) is 0 Å². The molecule has 2 N–H and O–H groups in total. The summed E-state index contributed by atoms with van der Waals surface area (Å²) in [5.74, 6) is -0.375. The van der Waals surface area contributed by atoms with Crippen LogP contribution in [0.25, 0.3) is 0 Å². The van der Waals surface area contributed by atoms with Gasteiger partial charge in [0.25, 0.3) is 11.8 Å². The zero-order valence-electron chi connectivity index (χ0n) is 13.5. The van der Waals surface area contributed by atoms with E-state index < -0.39 is 0 Å². The summed E-state index contributed by atoms with van der Waals surface area (Å²) in [5.41, 5.74) is 2.54. The Bertz CT molecular complexity index is 1040. The van der Waals surface area contributed by atoms with Crippen LogP contribution in [-0.2, 0) is 0 Å². The first-order valence-electron chi connectivity index (χ1n) is 7.90. The summed E-state index contributed by atoms with van der Waals surface area (Å²) in [6, 6.07) is 20.4. The van der Waals surface area contributed by atoms with Crippen molar-refractivity contribution >= 4 is 57.5 Å². The van der Waals surface area contributed by atoms with Crippen molar-refractivity contribution in [3.63, 3.8) is 0 Å². The van der Waals surface area contributed by atoms with E-state index >= 15 is 0 Å². The number of nitrogens with one attached hydrogen (secondary N) is 2. The lowest BCUT2D eigenvalue weighted by Crippen LogP contribution is -2.15. The van der Waals surface area contributed by atoms with Gasteiger partial charge in [-0.1, -0.05) is 36.0 Å². The predicted octanol–water partition coefficient (Wildman–Crippen LogP) is 5.26. The van der Waals surface area contributed by atoms with E-state index in [9.17, 15) is 9.59 Å². The summed E-state index contributed by atoms with van der Waals surface area (Å²) < 4.78 is 0.965. The topological polar surface area (TPSA) is 58.2 Å². The lowest BCUT2D eigenvalue weighted by atomic mass is 10.1. The fraction of sp³-hybridized carbons (Fsp3) is 0. The predicted molar refractivity (Wildman–Crippen MR) is 112 cm³/mol. The SMILES string of the molecule is O=C(Nc1ccccc1I)c1ccc2c(c1)NC(=O)c1ccccc1S2. The van der Waals surface area contributed by atoms with Crippen LogP contribution >= 0.6 is 34.4 Å². The van der Waals surface area contributed by atoms with E-state index in [2.05, 4.69) is 33.2 Å². The Labute approximate surface area is 168 Å². The third-order valence-electron chi connectivity index (χ3n) is 3.96. The minimum atomic E-state index is -0.210. The molecule has 26 heavy (non-hydrogen) atoms. The first kappa shape index (κ1) is 17.1. The van der Waals surface area contributed by atoms with Crippen LogP contribution < -0.4 is 10.6 Å². The zero-order valence-corrected chi connectivity index (χ0v) is 16.4. The Morgan fingerprint density at radius 1 is 0.962 bits per heavy atom. The molecule has 0 aromatic heterocycles. The molecule has 0 unspecified atom stereocenters. The number of hydrogen-bond acceptors (Lipinski definition) is 3. The second-order valence-corrected chi connectivity index (χ2v) is 7.94. The molecule has 6 heteroatoms. The fourth-order valence-electron chi connectivity index (χ4n) is 2.67. The van der Waals surface area contributed by atoms with Gasteiger partial charge in [0.05, 0.1) is 16.9 Å². The van der Waals surface area contributed by atoms with Crippen LogP contribution in [0.3, 0.4) is 0 Å². The third kappa shape index (κ3) is 3.34. The molecule has 0 bridgehead atoms.